The Labute approximate surface area is 127 Å². The van der Waals surface area contributed by atoms with Crippen molar-refractivity contribution in [2.24, 2.45) is 5.92 Å². The minimum Gasteiger partial charge on any atom is -0.486 e. The van der Waals surface area contributed by atoms with Crippen LogP contribution in [0.3, 0.4) is 0 Å². The van der Waals surface area contributed by atoms with Crippen LogP contribution in [0, 0.1) is 5.92 Å². The van der Waals surface area contributed by atoms with E-state index in [4.69, 9.17) is 4.74 Å². The molecule has 0 aliphatic rings. The van der Waals surface area contributed by atoms with E-state index in [1.54, 1.807) is 26.0 Å². The number of rotatable bonds is 6. The number of benzene rings is 1. The molecule has 0 fully saturated rings. The first-order valence-corrected chi connectivity index (χ1v) is 6.80. The quantitative estimate of drug-likeness (QED) is 0.825. The topological polar surface area (TPSA) is 89.4 Å². The minimum atomic E-state index is -1.26. The summed E-state index contributed by atoms with van der Waals surface area (Å²) in [5.74, 6) is -1.04. The zero-order valence-electron chi connectivity index (χ0n) is 12.3. The van der Waals surface area contributed by atoms with Crippen LogP contribution >= 0.6 is 0 Å². The molecule has 1 N–H and O–H groups in total. The Morgan fingerprint density at radius 3 is 2.50 bits per heavy atom. The van der Waals surface area contributed by atoms with Gasteiger partial charge in [0.05, 0.1) is 5.56 Å². The minimum absolute atomic E-state index is 0.0194. The number of carbonyl (C=O) groups excluding carboxylic acids is 1. The van der Waals surface area contributed by atoms with E-state index in [2.05, 4.69) is 9.97 Å². The molecule has 2 rings (SSSR count). The predicted molar refractivity (Wildman–Crippen MR) is 78.9 cm³/mol. The van der Waals surface area contributed by atoms with Gasteiger partial charge in [0.1, 0.15) is 12.4 Å². The average Bonchev–Trinajstić information content (AvgIpc) is 2.52. The van der Waals surface area contributed by atoms with Crippen molar-refractivity contribution in [3.8, 4) is 5.75 Å². The molecule has 1 aromatic heterocycles. The SMILES string of the molecule is CC(C)C(=O)c1cnc(COc2ccccc2)nc1C(=O)O. The second kappa shape index (κ2) is 6.80. The maximum Gasteiger partial charge on any atom is 0.355 e. The Morgan fingerprint density at radius 2 is 1.91 bits per heavy atom. The summed E-state index contributed by atoms with van der Waals surface area (Å²) in [4.78, 5) is 31.2. The van der Waals surface area contributed by atoms with Crippen LogP contribution in [0.15, 0.2) is 36.5 Å². The monoisotopic (exact) mass is 300 g/mol. The zero-order chi connectivity index (χ0) is 16.1. The molecule has 114 valence electrons. The number of carboxylic acid groups (broad SMARTS) is 1. The van der Waals surface area contributed by atoms with Gasteiger partial charge in [0.15, 0.2) is 17.3 Å². The fourth-order valence-corrected chi connectivity index (χ4v) is 1.81. The molecule has 0 unspecified atom stereocenters. The van der Waals surface area contributed by atoms with Gasteiger partial charge in [0.25, 0.3) is 0 Å². The number of hydrogen-bond donors (Lipinski definition) is 1. The molecule has 6 nitrogen and oxygen atoms in total. The summed E-state index contributed by atoms with van der Waals surface area (Å²) >= 11 is 0. The highest BCUT2D eigenvalue weighted by Crippen LogP contribution is 2.14. The first-order chi connectivity index (χ1) is 10.5. The van der Waals surface area contributed by atoms with Crippen LogP contribution in [-0.2, 0) is 6.61 Å². The molecule has 6 heteroatoms. The van der Waals surface area contributed by atoms with Gasteiger partial charge in [-0.15, -0.1) is 0 Å². The van der Waals surface area contributed by atoms with E-state index in [1.165, 1.54) is 6.20 Å². The number of para-hydroxylation sites is 1. The molecule has 1 aromatic carbocycles. The van der Waals surface area contributed by atoms with E-state index in [1.807, 2.05) is 18.2 Å². The van der Waals surface area contributed by atoms with Crippen LogP contribution in [0.2, 0.25) is 0 Å². The fourth-order valence-electron chi connectivity index (χ4n) is 1.81. The third-order valence-corrected chi connectivity index (χ3v) is 2.94. The average molecular weight is 300 g/mol. The number of ether oxygens (including phenoxy) is 1. The van der Waals surface area contributed by atoms with Crippen LogP contribution in [0.25, 0.3) is 0 Å². The van der Waals surface area contributed by atoms with Gasteiger partial charge in [-0.1, -0.05) is 32.0 Å². The lowest BCUT2D eigenvalue weighted by Crippen LogP contribution is -2.17. The van der Waals surface area contributed by atoms with Crippen molar-refractivity contribution in [1.29, 1.82) is 0 Å². The predicted octanol–water partition coefficient (Wildman–Crippen LogP) is 2.59. The number of nitrogens with zero attached hydrogens (tertiary/aromatic N) is 2. The van der Waals surface area contributed by atoms with E-state index in [0.29, 0.717) is 5.75 Å². The maximum atomic E-state index is 12.0. The van der Waals surface area contributed by atoms with E-state index >= 15 is 0 Å². The van der Waals surface area contributed by atoms with Crippen LogP contribution in [-0.4, -0.2) is 26.8 Å². The van der Waals surface area contributed by atoms with Gasteiger partial charge >= 0.3 is 5.97 Å². The highest BCUT2D eigenvalue weighted by atomic mass is 16.5. The number of aromatic nitrogens is 2. The third-order valence-electron chi connectivity index (χ3n) is 2.94. The summed E-state index contributed by atoms with van der Waals surface area (Å²) in [5.41, 5.74) is -0.272. The normalized spacial score (nSPS) is 10.5. The number of ketones is 1. The first-order valence-electron chi connectivity index (χ1n) is 6.80. The number of carbonyl (C=O) groups is 2. The molecule has 2 aromatic rings. The van der Waals surface area contributed by atoms with Crippen molar-refractivity contribution in [3.05, 3.63) is 53.6 Å². The number of hydrogen-bond acceptors (Lipinski definition) is 5. The van der Waals surface area contributed by atoms with Crippen molar-refractivity contribution in [1.82, 2.24) is 9.97 Å². The summed E-state index contributed by atoms with van der Waals surface area (Å²) < 4.78 is 5.47. The van der Waals surface area contributed by atoms with Crippen molar-refractivity contribution in [2.75, 3.05) is 0 Å². The zero-order valence-corrected chi connectivity index (χ0v) is 12.3. The van der Waals surface area contributed by atoms with Gasteiger partial charge < -0.3 is 9.84 Å². The highest BCUT2D eigenvalue weighted by molar-refractivity contribution is 6.05. The molecule has 0 aliphatic heterocycles. The molecule has 1 heterocycles. The molecule has 0 saturated heterocycles. The number of carboxylic acids is 1. The van der Waals surface area contributed by atoms with Gasteiger partial charge in [-0.2, -0.15) is 0 Å². The molecule has 0 amide bonds. The van der Waals surface area contributed by atoms with Crippen molar-refractivity contribution in [3.63, 3.8) is 0 Å². The van der Waals surface area contributed by atoms with Gasteiger partial charge in [-0.05, 0) is 12.1 Å². The van der Waals surface area contributed by atoms with Gasteiger partial charge in [0, 0.05) is 12.1 Å². The molecule has 0 spiro atoms. The highest BCUT2D eigenvalue weighted by Gasteiger charge is 2.21. The van der Waals surface area contributed by atoms with Crippen molar-refractivity contribution < 1.29 is 19.4 Å². The second-order valence-electron chi connectivity index (χ2n) is 4.97. The van der Waals surface area contributed by atoms with E-state index in [-0.39, 0.29) is 35.4 Å². The van der Waals surface area contributed by atoms with Crippen LogP contribution < -0.4 is 4.74 Å². The Hall–Kier alpha value is -2.76. The lowest BCUT2D eigenvalue weighted by molar-refractivity contribution is 0.0683. The molecular weight excluding hydrogens is 284 g/mol. The Bertz CT molecular complexity index is 684. The second-order valence-corrected chi connectivity index (χ2v) is 4.97. The Balaban J connectivity index is 2.22. The molecule has 0 aliphatic carbocycles. The van der Waals surface area contributed by atoms with Crippen LogP contribution in [0.1, 0.15) is 40.5 Å². The molecule has 0 radical (unpaired) electrons. The number of aromatic carboxylic acids is 1. The van der Waals surface area contributed by atoms with E-state index in [0.717, 1.165) is 0 Å². The summed E-state index contributed by atoms with van der Waals surface area (Å²) in [6.07, 6.45) is 1.25. The first kappa shape index (κ1) is 15.6. The fraction of sp³-hybridized carbons (Fsp3) is 0.250. The summed E-state index contributed by atoms with van der Waals surface area (Å²) in [6, 6.07) is 9.05. The van der Waals surface area contributed by atoms with Crippen LogP contribution in [0.4, 0.5) is 0 Å². The largest absolute Gasteiger partial charge is 0.486 e. The molecule has 0 bridgehead atoms. The summed E-state index contributed by atoms with van der Waals surface area (Å²) in [6.45, 7) is 3.42. The lowest BCUT2D eigenvalue weighted by atomic mass is 10.0. The maximum absolute atomic E-state index is 12.0. The van der Waals surface area contributed by atoms with Crippen LogP contribution in [0.5, 0.6) is 5.75 Å². The van der Waals surface area contributed by atoms with E-state index < -0.39 is 5.97 Å². The summed E-state index contributed by atoms with van der Waals surface area (Å²) in [7, 11) is 0. The van der Waals surface area contributed by atoms with Gasteiger partial charge in [-0.25, -0.2) is 14.8 Å². The van der Waals surface area contributed by atoms with Crippen molar-refractivity contribution >= 4 is 11.8 Å². The van der Waals surface area contributed by atoms with Gasteiger partial charge in [-0.3, -0.25) is 4.79 Å². The van der Waals surface area contributed by atoms with E-state index in [9.17, 15) is 14.7 Å². The standard InChI is InChI=1S/C16H16N2O4/c1-10(2)15(19)12-8-17-13(18-14(12)16(20)21)9-22-11-6-4-3-5-7-11/h3-8,10H,9H2,1-2H3,(H,20,21). The Morgan fingerprint density at radius 1 is 1.23 bits per heavy atom. The molecule has 0 saturated carbocycles. The Kier molecular flexibility index (Phi) is 4.83. The summed E-state index contributed by atoms with van der Waals surface area (Å²) in [5, 5.41) is 9.22. The van der Waals surface area contributed by atoms with Gasteiger partial charge in [0.2, 0.25) is 0 Å². The molecular formula is C16H16N2O4. The molecule has 0 atom stereocenters. The third kappa shape index (κ3) is 3.66. The lowest BCUT2D eigenvalue weighted by Gasteiger charge is -2.09. The molecule has 22 heavy (non-hydrogen) atoms. The smallest absolute Gasteiger partial charge is 0.355 e. The van der Waals surface area contributed by atoms with Crippen molar-refractivity contribution in [2.45, 2.75) is 20.5 Å². The number of Topliss-reactive ketones (excluding diaryl/α,β-unsaturated/α-hetero) is 1.